The van der Waals surface area contributed by atoms with Gasteiger partial charge in [0.25, 0.3) is 5.91 Å². The number of benzene rings is 2. The Balaban J connectivity index is 1.24. The van der Waals surface area contributed by atoms with Crippen LogP contribution in [-0.4, -0.2) is 59.4 Å². The normalized spacial score (nSPS) is 14.2. The van der Waals surface area contributed by atoms with Gasteiger partial charge in [-0.3, -0.25) is 15.0 Å². The van der Waals surface area contributed by atoms with Crippen molar-refractivity contribution in [1.82, 2.24) is 14.8 Å². The summed E-state index contributed by atoms with van der Waals surface area (Å²) in [6, 6.07) is 16.9. The van der Waals surface area contributed by atoms with E-state index in [1.807, 2.05) is 11.0 Å². The molecule has 0 radical (unpaired) electrons. The lowest BCUT2D eigenvalue weighted by Gasteiger charge is -2.34. The maximum atomic E-state index is 12.8. The molecule has 1 aromatic heterocycles. The summed E-state index contributed by atoms with van der Waals surface area (Å²) in [5.41, 5.74) is 2.26. The summed E-state index contributed by atoms with van der Waals surface area (Å²) in [7, 11) is 0. The Kier molecular flexibility index (Phi) is 7.36. The van der Waals surface area contributed by atoms with Gasteiger partial charge in [-0.25, -0.2) is 9.78 Å². The first kappa shape index (κ1) is 22.3. The van der Waals surface area contributed by atoms with Gasteiger partial charge in [0, 0.05) is 48.8 Å². The number of nitrogens with one attached hydrogen (secondary N) is 2. The summed E-state index contributed by atoms with van der Waals surface area (Å²) in [5.74, 6) is -0.104. The molecule has 0 bridgehead atoms. The third-order valence-electron chi connectivity index (χ3n) is 5.25. The lowest BCUT2D eigenvalue weighted by Crippen LogP contribution is -2.49. The standard InChI is InChI=1S/C23H24ClN5O2S/c24-18-7-4-8-19(15-18)25-22(31)27-23-26-20(16-32-23)21(30)29-13-11-28(12-14-29)10-9-17-5-2-1-3-6-17/h1-8,15-16H,9-14H2,(H2,25,26,27,31). The van der Waals surface area contributed by atoms with Crippen LogP contribution in [0.3, 0.4) is 0 Å². The van der Waals surface area contributed by atoms with Crippen LogP contribution in [0.5, 0.6) is 0 Å². The Bertz CT molecular complexity index is 1070. The lowest BCUT2D eigenvalue weighted by molar-refractivity contribution is 0.0633. The second-order valence-electron chi connectivity index (χ2n) is 7.50. The van der Waals surface area contributed by atoms with Crippen molar-refractivity contribution >= 4 is 45.7 Å². The van der Waals surface area contributed by atoms with Gasteiger partial charge < -0.3 is 10.2 Å². The van der Waals surface area contributed by atoms with Crippen LogP contribution < -0.4 is 10.6 Å². The molecule has 32 heavy (non-hydrogen) atoms. The molecule has 0 unspecified atom stereocenters. The zero-order valence-corrected chi connectivity index (χ0v) is 19.0. The number of thiazole rings is 1. The smallest absolute Gasteiger partial charge is 0.325 e. The molecule has 0 atom stereocenters. The van der Waals surface area contributed by atoms with Gasteiger partial charge in [-0.2, -0.15) is 0 Å². The van der Waals surface area contributed by atoms with Gasteiger partial charge in [0.2, 0.25) is 0 Å². The van der Waals surface area contributed by atoms with E-state index in [4.69, 9.17) is 11.6 Å². The Morgan fingerprint density at radius 1 is 1.00 bits per heavy atom. The Morgan fingerprint density at radius 3 is 2.53 bits per heavy atom. The molecule has 1 aliphatic rings. The molecule has 2 aromatic carbocycles. The number of carbonyl (C=O) groups is 2. The van der Waals surface area contributed by atoms with Crippen LogP contribution in [0.25, 0.3) is 0 Å². The number of rotatable bonds is 6. The topological polar surface area (TPSA) is 77.6 Å². The van der Waals surface area contributed by atoms with Crippen LogP contribution in [0.1, 0.15) is 16.1 Å². The van der Waals surface area contributed by atoms with Gasteiger partial charge in [0.15, 0.2) is 5.13 Å². The van der Waals surface area contributed by atoms with Crippen LogP contribution >= 0.6 is 22.9 Å². The van der Waals surface area contributed by atoms with Crippen molar-refractivity contribution in [3.63, 3.8) is 0 Å². The summed E-state index contributed by atoms with van der Waals surface area (Å²) in [4.78, 5) is 33.5. The minimum absolute atomic E-state index is 0.104. The van der Waals surface area contributed by atoms with Gasteiger partial charge in [-0.05, 0) is 30.2 Å². The highest BCUT2D eigenvalue weighted by atomic mass is 35.5. The number of piperazine rings is 1. The van der Waals surface area contributed by atoms with Crippen molar-refractivity contribution in [3.8, 4) is 0 Å². The molecule has 1 aliphatic heterocycles. The largest absolute Gasteiger partial charge is 0.335 e. The number of amides is 3. The summed E-state index contributed by atoms with van der Waals surface area (Å²) in [6.45, 7) is 4.01. The number of carbonyl (C=O) groups excluding carboxylic acids is 2. The number of hydrogen-bond donors (Lipinski definition) is 2. The average molecular weight is 470 g/mol. The predicted molar refractivity (Wildman–Crippen MR) is 129 cm³/mol. The molecule has 0 saturated carbocycles. The summed E-state index contributed by atoms with van der Waals surface area (Å²) >= 11 is 7.15. The number of nitrogens with zero attached hydrogens (tertiary/aromatic N) is 3. The third-order valence-corrected chi connectivity index (χ3v) is 6.24. The van der Waals surface area contributed by atoms with Crippen LogP contribution in [-0.2, 0) is 6.42 Å². The summed E-state index contributed by atoms with van der Waals surface area (Å²) < 4.78 is 0. The minimum Gasteiger partial charge on any atom is -0.335 e. The van der Waals surface area contributed by atoms with E-state index in [1.54, 1.807) is 29.6 Å². The van der Waals surface area contributed by atoms with Crippen molar-refractivity contribution in [2.75, 3.05) is 43.4 Å². The van der Waals surface area contributed by atoms with E-state index < -0.39 is 6.03 Å². The summed E-state index contributed by atoms with van der Waals surface area (Å²) in [6.07, 6.45) is 1.01. The van der Waals surface area contributed by atoms with Crippen molar-refractivity contribution in [3.05, 3.63) is 76.3 Å². The van der Waals surface area contributed by atoms with Crippen LogP contribution in [0.4, 0.5) is 15.6 Å². The zero-order chi connectivity index (χ0) is 22.3. The van der Waals surface area contributed by atoms with Crippen LogP contribution in [0.2, 0.25) is 5.02 Å². The zero-order valence-electron chi connectivity index (χ0n) is 17.5. The molecule has 3 aromatic rings. The first-order valence-corrected chi connectivity index (χ1v) is 11.7. The monoisotopic (exact) mass is 469 g/mol. The molecule has 2 heterocycles. The molecule has 166 valence electrons. The van der Waals surface area contributed by atoms with E-state index in [2.05, 4.69) is 44.8 Å². The molecule has 7 nitrogen and oxygen atoms in total. The molecular formula is C23H24ClN5O2S. The van der Waals surface area contributed by atoms with E-state index in [0.29, 0.717) is 34.6 Å². The molecule has 0 spiro atoms. The highest BCUT2D eigenvalue weighted by molar-refractivity contribution is 7.14. The maximum absolute atomic E-state index is 12.8. The van der Waals surface area contributed by atoms with E-state index in [0.717, 1.165) is 26.1 Å². The minimum atomic E-state index is -0.437. The molecule has 4 rings (SSSR count). The SMILES string of the molecule is O=C(Nc1cccc(Cl)c1)Nc1nc(C(=O)N2CCN(CCc3ccccc3)CC2)cs1. The number of anilines is 2. The van der Waals surface area contributed by atoms with Gasteiger partial charge in [-0.1, -0.05) is 48.0 Å². The quantitative estimate of drug-likeness (QED) is 0.559. The average Bonchev–Trinajstić information content (AvgIpc) is 3.26. The molecular weight excluding hydrogens is 446 g/mol. The van der Waals surface area contributed by atoms with Crippen molar-refractivity contribution in [2.24, 2.45) is 0 Å². The first-order chi connectivity index (χ1) is 15.6. The Hall–Kier alpha value is -2.94. The van der Waals surface area contributed by atoms with E-state index >= 15 is 0 Å². The fourth-order valence-electron chi connectivity index (χ4n) is 3.52. The molecule has 1 fully saturated rings. The highest BCUT2D eigenvalue weighted by Crippen LogP contribution is 2.19. The van der Waals surface area contributed by atoms with E-state index in [-0.39, 0.29) is 5.91 Å². The van der Waals surface area contributed by atoms with Crippen molar-refractivity contribution < 1.29 is 9.59 Å². The van der Waals surface area contributed by atoms with E-state index in [9.17, 15) is 9.59 Å². The fourth-order valence-corrected chi connectivity index (χ4v) is 4.39. The Morgan fingerprint density at radius 2 is 1.78 bits per heavy atom. The number of urea groups is 1. The van der Waals surface area contributed by atoms with Gasteiger partial charge in [0.1, 0.15) is 5.69 Å². The molecule has 0 aliphatic carbocycles. The van der Waals surface area contributed by atoms with Crippen molar-refractivity contribution in [2.45, 2.75) is 6.42 Å². The number of aromatic nitrogens is 1. The number of hydrogen-bond acceptors (Lipinski definition) is 5. The highest BCUT2D eigenvalue weighted by Gasteiger charge is 2.24. The third kappa shape index (κ3) is 6.06. The van der Waals surface area contributed by atoms with Crippen LogP contribution in [0.15, 0.2) is 60.0 Å². The fraction of sp³-hybridized carbons (Fsp3) is 0.261. The molecule has 3 amide bonds. The maximum Gasteiger partial charge on any atom is 0.325 e. The Labute approximate surface area is 196 Å². The van der Waals surface area contributed by atoms with Gasteiger partial charge in [-0.15, -0.1) is 11.3 Å². The molecule has 1 saturated heterocycles. The number of halogens is 1. The van der Waals surface area contributed by atoms with Gasteiger partial charge >= 0.3 is 6.03 Å². The van der Waals surface area contributed by atoms with Crippen LogP contribution in [0, 0.1) is 0 Å². The molecule has 2 N–H and O–H groups in total. The van der Waals surface area contributed by atoms with Gasteiger partial charge in [0.05, 0.1) is 0 Å². The molecule has 9 heteroatoms. The van der Waals surface area contributed by atoms with Crippen molar-refractivity contribution in [1.29, 1.82) is 0 Å². The second kappa shape index (κ2) is 10.6. The van der Waals surface area contributed by atoms with E-state index in [1.165, 1.54) is 16.9 Å². The lowest BCUT2D eigenvalue weighted by atomic mass is 10.1. The summed E-state index contributed by atoms with van der Waals surface area (Å²) in [5, 5.41) is 7.94. The second-order valence-corrected chi connectivity index (χ2v) is 8.79. The predicted octanol–water partition coefficient (Wildman–Crippen LogP) is 4.44. The first-order valence-electron chi connectivity index (χ1n) is 10.4.